The third kappa shape index (κ3) is 3.79. The van der Waals surface area contributed by atoms with Gasteiger partial charge in [-0.2, -0.15) is 0 Å². The summed E-state index contributed by atoms with van der Waals surface area (Å²) in [5.74, 6) is 0.534. The van der Waals surface area contributed by atoms with Crippen molar-refractivity contribution in [3.8, 4) is 0 Å². The van der Waals surface area contributed by atoms with Crippen LogP contribution in [-0.4, -0.2) is 44.8 Å². The SMILES string of the molecule is CC(C)(C)OC(=O)N1CCC[C@H]1c1nc2ccc(C(=O)CCl)cc2[nH]1. The van der Waals surface area contributed by atoms with Gasteiger partial charge in [-0.25, -0.2) is 9.78 Å². The van der Waals surface area contributed by atoms with Gasteiger partial charge in [0.2, 0.25) is 0 Å². The normalized spacial score (nSPS) is 17.9. The number of Topliss-reactive ketones (excluding diaryl/α,β-unsaturated/α-hetero) is 1. The highest BCUT2D eigenvalue weighted by molar-refractivity contribution is 6.30. The first-order valence-corrected chi connectivity index (χ1v) is 8.90. The molecule has 25 heavy (non-hydrogen) atoms. The van der Waals surface area contributed by atoms with E-state index in [-0.39, 0.29) is 23.8 Å². The van der Waals surface area contributed by atoms with E-state index in [1.54, 1.807) is 23.1 Å². The van der Waals surface area contributed by atoms with E-state index in [4.69, 9.17) is 16.3 Å². The molecule has 1 atom stereocenters. The molecule has 1 saturated heterocycles. The maximum atomic E-state index is 12.4. The molecule has 1 N–H and O–H groups in total. The van der Waals surface area contributed by atoms with E-state index in [2.05, 4.69) is 9.97 Å². The molecule has 1 aliphatic heterocycles. The van der Waals surface area contributed by atoms with Gasteiger partial charge in [0.1, 0.15) is 11.4 Å². The van der Waals surface area contributed by atoms with Crippen LogP contribution in [0.4, 0.5) is 4.79 Å². The molecule has 1 fully saturated rings. The summed E-state index contributed by atoms with van der Waals surface area (Å²) < 4.78 is 5.50. The summed E-state index contributed by atoms with van der Waals surface area (Å²) in [5.41, 5.74) is 1.54. The van der Waals surface area contributed by atoms with Crippen molar-refractivity contribution in [2.45, 2.75) is 45.3 Å². The number of amides is 1. The van der Waals surface area contributed by atoms with Crippen molar-refractivity contribution < 1.29 is 14.3 Å². The van der Waals surface area contributed by atoms with E-state index >= 15 is 0 Å². The highest BCUT2D eigenvalue weighted by Gasteiger charge is 2.34. The summed E-state index contributed by atoms with van der Waals surface area (Å²) in [7, 11) is 0. The summed E-state index contributed by atoms with van der Waals surface area (Å²) in [6.45, 7) is 6.21. The smallest absolute Gasteiger partial charge is 0.410 e. The van der Waals surface area contributed by atoms with Crippen LogP contribution in [0.5, 0.6) is 0 Å². The molecule has 1 amide bonds. The van der Waals surface area contributed by atoms with Gasteiger partial charge in [0.15, 0.2) is 5.78 Å². The van der Waals surface area contributed by atoms with Gasteiger partial charge in [-0.1, -0.05) is 0 Å². The highest BCUT2D eigenvalue weighted by atomic mass is 35.5. The van der Waals surface area contributed by atoms with Crippen LogP contribution < -0.4 is 0 Å². The number of halogens is 1. The van der Waals surface area contributed by atoms with Gasteiger partial charge < -0.3 is 9.72 Å². The molecule has 134 valence electrons. The lowest BCUT2D eigenvalue weighted by atomic mass is 10.1. The molecule has 2 heterocycles. The second-order valence-electron chi connectivity index (χ2n) is 7.24. The van der Waals surface area contributed by atoms with Gasteiger partial charge in [-0.05, 0) is 51.8 Å². The molecule has 0 saturated carbocycles. The van der Waals surface area contributed by atoms with E-state index in [1.807, 2.05) is 20.8 Å². The van der Waals surface area contributed by atoms with Crippen molar-refractivity contribution in [2.24, 2.45) is 0 Å². The predicted molar refractivity (Wildman–Crippen MR) is 96.1 cm³/mol. The molecule has 0 spiro atoms. The standard InChI is InChI=1S/C18H22ClN3O3/c1-18(2,3)25-17(24)22-8-4-5-14(22)16-20-12-7-6-11(15(23)10-19)9-13(12)21-16/h6-7,9,14H,4-5,8,10H2,1-3H3,(H,20,21)/t14-/m0/s1. The number of nitrogens with one attached hydrogen (secondary N) is 1. The third-order valence-corrected chi connectivity index (χ3v) is 4.38. The van der Waals surface area contributed by atoms with Crippen molar-refractivity contribution in [1.82, 2.24) is 14.9 Å². The van der Waals surface area contributed by atoms with Gasteiger partial charge in [0, 0.05) is 12.1 Å². The van der Waals surface area contributed by atoms with Gasteiger partial charge in [0.25, 0.3) is 0 Å². The van der Waals surface area contributed by atoms with Gasteiger partial charge in [0.05, 0.1) is 23.0 Å². The quantitative estimate of drug-likeness (QED) is 0.659. The first-order chi connectivity index (χ1) is 11.8. The number of aromatic nitrogens is 2. The number of imidazole rings is 1. The summed E-state index contributed by atoms with van der Waals surface area (Å²) in [6.07, 6.45) is 1.40. The van der Waals surface area contributed by atoms with Crippen molar-refractivity contribution in [1.29, 1.82) is 0 Å². The number of ketones is 1. The molecule has 7 heteroatoms. The Kier molecular flexibility index (Phi) is 4.73. The van der Waals surface area contributed by atoms with Gasteiger partial charge >= 0.3 is 6.09 Å². The molecule has 1 aromatic carbocycles. The van der Waals surface area contributed by atoms with Gasteiger partial charge in [-0.15, -0.1) is 11.6 Å². The first-order valence-electron chi connectivity index (χ1n) is 8.37. The van der Waals surface area contributed by atoms with Crippen LogP contribution in [0.1, 0.15) is 55.8 Å². The number of rotatable bonds is 3. The van der Waals surface area contributed by atoms with E-state index in [9.17, 15) is 9.59 Å². The van der Waals surface area contributed by atoms with Crippen molar-refractivity contribution in [3.63, 3.8) is 0 Å². The Hall–Kier alpha value is -2.08. The number of carbonyl (C=O) groups excluding carboxylic acids is 2. The highest BCUT2D eigenvalue weighted by Crippen LogP contribution is 2.32. The van der Waals surface area contributed by atoms with Crippen LogP contribution in [0.2, 0.25) is 0 Å². The number of hydrogen-bond donors (Lipinski definition) is 1. The van der Waals surface area contributed by atoms with Crippen LogP contribution in [0.25, 0.3) is 11.0 Å². The molecular weight excluding hydrogens is 342 g/mol. The van der Waals surface area contributed by atoms with Crippen LogP contribution in [0, 0.1) is 0 Å². The van der Waals surface area contributed by atoms with Crippen LogP contribution in [-0.2, 0) is 4.74 Å². The Morgan fingerprint density at radius 1 is 1.40 bits per heavy atom. The lowest BCUT2D eigenvalue weighted by Crippen LogP contribution is -2.36. The zero-order valence-corrected chi connectivity index (χ0v) is 15.4. The summed E-state index contributed by atoms with van der Waals surface area (Å²) in [6, 6.07) is 5.12. The molecule has 3 rings (SSSR count). The van der Waals surface area contributed by atoms with E-state index in [0.29, 0.717) is 17.9 Å². The molecule has 6 nitrogen and oxygen atoms in total. The fourth-order valence-electron chi connectivity index (χ4n) is 3.03. The Bertz CT molecular complexity index is 809. The minimum Gasteiger partial charge on any atom is -0.444 e. The Balaban J connectivity index is 1.87. The topological polar surface area (TPSA) is 75.3 Å². The summed E-state index contributed by atoms with van der Waals surface area (Å²) in [4.78, 5) is 33.8. The van der Waals surface area contributed by atoms with E-state index in [1.165, 1.54) is 0 Å². The molecule has 0 radical (unpaired) electrons. The first kappa shape index (κ1) is 17.7. The zero-order chi connectivity index (χ0) is 18.2. The molecule has 0 bridgehead atoms. The average molecular weight is 364 g/mol. The maximum absolute atomic E-state index is 12.4. The lowest BCUT2D eigenvalue weighted by Gasteiger charge is -2.27. The lowest BCUT2D eigenvalue weighted by molar-refractivity contribution is 0.0219. The third-order valence-electron chi connectivity index (χ3n) is 4.14. The molecule has 2 aromatic rings. The fourth-order valence-corrected chi connectivity index (χ4v) is 3.18. The average Bonchev–Trinajstić information content (AvgIpc) is 3.17. The number of fused-ring (bicyclic) bond motifs is 1. The number of benzene rings is 1. The number of alkyl halides is 1. The molecule has 0 aliphatic carbocycles. The second-order valence-corrected chi connectivity index (χ2v) is 7.51. The number of likely N-dealkylation sites (tertiary alicyclic amines) is 1. The van der Waals surface area contributed by atoms with Crippen molar-refractivity contribution in [2.75, 3.05) is 12.4 Å². The Labute approximate surface area is 151 Å². The van der Waals surface area contributed by atoms with Crippen molar-refractivity contribution >= 4 is 34.5 Å². The zero-order valence-electron chi connectivity index (χ0n) is 14.6. The predicted octanol–water partition coefficient (Wildman–Crippen LogP) is 4.06. The van der Waals surface area contributed by atoms with E-state index < -0.39 is 5.60 Å². The van der Waals surface area contributed by atoms with Crippen molar-refractivity contribution in [3.05, 3.63) is 29.6 Å². The monoisotopic (exact) mass is 363 g/mol. The van der Waals surface area contributed by atoms with Crippen LogP contribution in [0.15, 0.2) is 18.2 Å². The number of hydrogen-bond acceptors (Lipinski definition) is 4. The largest absolute Gasteiger partial charge is 0.444 e. The number of nitrogens with zero attached hydrogens (tertiary/aromatic N) is 2. The molecule has 1 aliphatic rings. The van der Waals surface area contributed by atoms with Gasteiger partial charge in [-0.3, -0.25) is 9.69 Å². The molecule has 1 aromatic heterocycles. The fraction of sp³-hybridized carbons (Fsp3) is 0.500. The Morgan fingerprint density at radius 2 is 2.16 bits per heavy atom. The summed E-state index contributed by atoms with van der Waals surface area (Å²) >= 11 is 5.62. The number of H-pyrrole nitrogens is 1. The number of carbonyl (C=O) groups is 2. The number of aromatic amines is 1. The molecule has 0 unspecified atom stereocenters. The number of ether oxygens (including phenoxy) is 1. The van der Waals surface area contributed by atoms with Crippen LogP contribution >= 0.6 is 11.6 Å². The maximum Gasteiger partial charge on any atom is 0.410 e. The second kappa shape index (κ2) is 6.67. The summed E-state index contributed by atoms with van der Waals surface area (Å²) in [5, 5.41) is 0. The minimum absolute atomic E-state index is 0.0540. The van der Waals surface area contributed by atoms with Crippen LogP contribution in [0.3, 0.4) is 0 Å². The Morgan fingerprint density at radius 3 is 2.84 bits per heavy atom. The van der Waals surface area contributed by atoms with E-state index in [0.717, 1.165) is 23.9 Å². The molecular formula is C18H22ClN3O3. The minimum atomic E-state index is -0.533.